The molecular formula is C14H22N4S. The van der Waals surface area contributed by atoms with Crippen LogP contribution in [0.1, 0.15) is 36.3 Å². The summed E-state index contributed by atoms with van der Waals surface area (Å²) in [7, 11) is 1.98. The quantitative estimate of drug-likeness (QED) is 0.855. The van der Waals surface area contributed by atoms with E-state index in [2.05, 4.69) is 48.4 Å². The van der Waals surface area contributed by atoms with Gasteiger partial charge in [-0.05, 0) is 17.5 Å². The first kappa shape index (κ1) is 14.2. The number of aromatic nitrogens is 3. The van der Waals surface area contributed by atoms with Crippen LogP contribution in [0, 0.1) is 0 Å². The number of nitrogens with one attached hydrogen (secondary N) is 1. The molecule has 0 aliphatic rings. The van der Waals surface area contributed by atoms with Gasteiger partial charge in [0.2, 0.25) is 0 Å². The first-order valence-electron chi connectivity index (χ1n) is 6.59. The van der Waals surface area contributed by atoms with Gasteiger partial charge in [-0.25, -0.2) is 0 Å². The minimum atomic E-state index is 0.252. The zero-order chi connectivity index (χ0) is 13.9. The largest absolute Gasteiger partial charge is 0.321 e. The lowest BCUT2D eigenvalue weighted by Gasteiger charge is -2.15. The summed E-state index contributed by atoms with van der Waals surface area (Å²) in [6, 6.07) is 4.46. The molecule has 0 bridgehead atoms. The molecule has 0 aliphatic heterocycles. The Balaban J connectivity index is 1.77. The van der Waals surface area contributed by atoms with E-state index in [-0.39, 0.29) is 5.41 Å². The smallest absolute Gasteiger partial charge is 0.133 e. The van der Waals surface area contributed by atoms with Crippen LogP contribution in [-0.4, -0.2) is 21.3 Å². The fraction of sp³-hybridized carbons (Fsp3) is 0.571. The van der Waals surface area contributed by atoms with E-state index in [4.69, 9.17) is 0 Å². The van der Waals surface area contributed by atoms with Gasteiger partial charge in [0, 0.05) is 36.3 Å². The zero-order valence-corrected chi connectivity index (χ0v) is 12.9. The molecular weight excluding hydrogens is 256 g/mol. The van der Waals surface area contributed by atoms with Crippen LogP contribution in [0.5, 0.6) is 0 Å². The Morgan fingerprint density at radius 3 is 2.68 bits per heavy atom. The molecule has 2 aromatic rings. The molecule has 0 spiro atoms. The molecule has 0 atom stereocenters. The summed E-state index contributed by atoms with van der Waals surface area (Å²) >= 11 is 1.90. The van der Waals surface area contributed by atoms with Crippen LogP contribution in [0.4, 0.5) is 0 Å². The molecule has 104 valence electrons. The van der Waals surface area contributed by atoms with Gasteiger partial charge in [0.05, 0.1) is 0 Å². The Morgan fingerprint density at radius 2 is 2.11 bits per heavy atom. The molecule has 0 aromatic carbocycles. The van der Waals surface area contributed by atoms with E-state index in [1.807, 2.05) is 23.0 Å². The van der Waals surface area contributed by atoms with Crippen molar-refractivity contribution in [1.29, 1.82) is 0 Å². The highest BCUT2D eigenvalue weighted by molar-refractivity contribution is 7.12. The molecule has 0 amide bonds. The molecule has 1 N–H and O–H groups in total. The Morgan fingerprint density at radius 1 is 1.32 bits per heavy atom. The highest BCUT2D eigenvalue weighted by atomic mass is 32.1. The maximum absolute atomic E-state index is 4.07. The standard InChI is InChI=1S/C14H22N4S/c1-14(2,3)12-6-5-11(19-12)9-15-8-7-13-17-16-10-18(13)4/h5-6,10,15H,7-9H2,1-4H3. The number of rotatable bonds is 5. The highest BCUT2D eigenvalue weighted by Crippen LogP contribution is 2.29. The molecule has 19 heavy (non-hydrogen) atoms. The third kappa shape index (κ3) is 3.88. The summed E-state index contributed by atoms with van der Waals surface area (Å²) in [6.07, 6.45) is 2.65. The first-order valence-corrected chi connectivity index (χ1v) is 7.41. The molecule has 5 heteroatoms. The van der Waals surface area contributed by atoms with Crippen molar-refractivity contribution in [2.24, 2.45) is 7.05 Å². The number of nitrogens with zero attached hydrogens (tertiary/aromatic N) is 3. The number of hydrogen-bond acceptors (Lipinski definition) is 4. The van der Waals surface area contributed by atoms with Gasteiger partial charge in [-0.1, -0.05) is 20.8 Å². The number of aryl methyl sites for hydroxylation is 1. The second-order valence-electron chi connectivity index (χ2n) is 5.80. The minimum absolute atomic E-state index is 0.252. The van der Waals surface area contributed by atoms with E-state index in [0.717, 1.165) is 25.3 Å². The zero-order valence-electron chi connectivity index (χ0n) is 12.1. The number of hydrogen-bond donors (Lipinski definition) is 1. The van der Waals surface area contributed by atoms with Crippen molar-refractivity contribution >= 4 is 11.3 Å². The van der Waals surface area contributed by atoms with Gasteiger partial charge in [-0.15, -0.1) is 21.5 Å². The Labute approximate surface area is 118 Å². The van der Waals surface area contributed by atoms with E-state index < -0.39 is 0 Å². The SMILES string of the molecule is Cn1cnnc1CCNCc1ccc(C(C)(C)C)s1. The molecule has 0 unspecified atom stereocenters. The lowest BCUT2D eigenvalue weighted by molar-refractivity contribution is 0.604. The van der Waals surface area contributed by atoms with Gasteiger partial charge in [0.1, 0.15) is 12.2 Å². The van der Waals surface area contributed by atoms with Crippen molar-refractivity contribution in [3.63, 3.8) is 0 Å². The van der Waals surface area contributed by atoms with Crippen LogP contribution < -0.4 is 5.32 Å². The van der Waals surface area contributed by atoms with Gasteiger partial charge in [0.15, 0.2) is 0 Å². The van der Waals surface area contributed by atoms with Gasteiger partial charge in [0.25, 0.3) is 0 Å². The van der Waals surface area contributed by atoms with Gasteiger partial charge in [-0.3, -0.25) is 0 Å². The summed E-state index contributed by atoms with van der Waals surface area (Å²) in [5.41, 5.74) is 0.252. The summed E-state index contributed by atoms with van der Waals surface area (Å²) in [4.78, 5) is 2.83. The van der Waals surface area contributed by atoms with E-state index in [9.17, 15) is 0 Å². The molecule has 2 heterocycles. The second-order valence-corrected chi connectivity index (χ2v) is 6.97. The predicted molar refractivity (Wildman–Crippen MR) is 79.4 cm³/mol. The van der Waals surface area contributed by atoms with Crippen LogP contribution in [0.3, 0.4) is 0 Å². The summed E-state index contributed by atoms with van der Waals surface area (Å²) in [6.45, 7) is 8.62. The van der Waals surface area contributed by atoms with E-state index in [1.54, 1.807) is 6.33 Å². The molecule has 4 nitrogen and oxygen atoms in total. The lowest BCUT2D eigenvalue weighted by Crippen LogP contribution is -2.17. The van der Waals surface area contributed by atoms with E-state index in [0.29, 0.717) is 0 Å². The van der Waals surface area contributed by atoms with E-state index >= 15 is 0 Å². The van der Waals surface area contributed by atoms with Crippen molar-refractivity contribution in [2.75, 3.05) is 6.54 Å². The van der Waals surface area contributed by atoms with Crippen molar-refractivity contribution in [2.45, 2.75) is 39.2 Å². The van der Waals surface area contributed by atoms with Crippen LogP contribution >= 0.6 is 11.3 Å². The minimum Gasteiger partial charge on any atom is -0.321 e. The van der Waals surface area contributed by atoms with Crippen LogP contribution in [-0.2, 0) is 25.4 Å². The molecule has 2 aromatic heterocycles. The first-order chi connectivity index (χ1) is 8.97. The Hall–Kier alpha value is -1.20. The third-order valence-electron chi connectivity index (χ3n) is 3.03. The van der Waals surface area contributed by atoms with Gasteiger partial charge >= 0.3 is 0 Å². The van der Waals surface area contributed by atoms with Crippen molar-refractivity contribution < 1.29 is 0 Å². The monoisotopic (exact) mass is 278 g/mol. The highest BCUT2D eigenvalue weighted by Gasteiger charge is 2.15. The fourth-order valence-electron chi connectivity index (χ4n) is 1.82. The normalized spacial score (nSPS) is 12.0. The topological polar surface area (TPSA) is 42.7 Å². The van der Waals surface area contributed by atoms with Crippen LogP contribution in [0.25, 0.3) is 0 Å². The molecule has 0 aliphatic carbocycles. The Kier molecular flexibility index (Phi) is 4.37. The molecule has 0 fully saturated rings. The van der Waals surface area contributed by atoms with Crippen LogP contribution in [0.15, 0.2) is 18.5 Å². The molecule has 2 rings (SSSR count). The maximum Gasteiger partial charge on any atom is 0.133 e. The maximum atomic E-state index is 4.07. The lowest BCUT2D eigenvalue weighted by atomic mass is 9.95. The van der Waals surface area contributed by atoms with Crippen LogP contribution in [0.2, 0.25) is 0 Å². The molecule has 0 radical (unpaired) electrons. The van der Waals surface area contributed by atoms with Gasteiger partial charge < -0.3 is 9.88 Å². The van der Waals surface area contributed by atoms with Crippen molar-refractivity contribution in [3.05, 3.63) is 34.0 Å². The second kappa shape index (κ2) is 5.84. The Bertz CT molecular complexity index is 522. The van der Waals surface area contributed by atoms with Crippen molar-refractivity contribution in [1.82, 2.24) is 20.1 Å². The summed E-state index contributed by atoms with van der Waals surface area (Å²) < 4.78 is 1.96. The van der Waals surface area contributed by atoms with E-state index in [1.165, 1.54) is 9.75 Å². The van der Waals surface area contributed by atoms with Gasteiger partial charge in [-0.2, -0.15) is 0 Å². The third-order valence-corrected chi connectivity index (χ3v) is 4.54. The number of thiophene rings is 1. The molecule has 0 saturated heterocycles. The predicted octanol–water partition coefficient (Wildman–Crippen LogP) is 2.51. The fourth-order valence-corrected chi connectivity index (χ4v) is 2.86. The van der Waals surface area contributed by atoms with Crippen molar-refractivity contribution in [3.8, 4) is 0 Å². The summed E-state index contributed by atoms with van der Waals surface area (Å²) in [5, 5.41) is 11.4. The average Bonchev–Trinajstić information content (AvgIpc) is 2.93. The summed E-state index contributed by atoms with van der Waals surface area (Å²) in [5.74, 6) is 1.02. The average molecular weight is 278 g/mol. The molecule has 0 saturated carbocycles.